The Kier molecular flexibility index (Phi) is 2.98. The largest absolute Gasteiger partial charge is 0.308 e. The van der Waals surface area contributed by atoms with Crippen molar-refractivity contribution in [3.8, 4) is 0 Å². The Morgan fingerprint density at radius 3 is 1.79 bits per heavy atom. The smallest absolute Gasteiger partial charge is 0.258 e. The molecule has 0 aromatic heterocycles. The Morgan fingerprint density at radius 1 is 0.632 bits per heavy atom. The van der Waals surface area contributed by atoms with Crippen LogP contribution in [0.3, 0.4) is 0 Å². The summed E-state index contributed by atoms with van der Waals surface area (Å²) in [5.74, 6) is -3.84. The van der Waals surface area contributed by atoms with Gasteiger partial charge in [-0.1, -0.05) is 6.42 Å². The monoisotopic (exact) mass is 274 g/mol. The zero-order valence-electron chi connectivity index (χ0n) is 12.0. The molecule has 1 aliphatic carbocycles. The number of hydrogen-bond acceptors (Lipinski definition) is 6. The van der Waals surface area contributed by atoms with Gasteiger partial charge in [-0.25, -0.2) is 0 Å². The third-order valence-corrected chi connectivity index (χ3v) is 4.02. The first-order valence-electron chi connectivity index (χ1n) is 6.92. The number of rotatable bonds is 1. The molecule has 3 rings (SSSR count). The second kappa shape index (κ2) is 4.13. The highest BCUT2D eigenvalue weighted by atomic mass is 17.3. The van der Waals surface area contributed by atoms with Crippen molar-refractivity contribution < 1.29 is 29.0 Å². The van der Waals surface area contributed by atoms with Crippen molar-refractivity contribution in [2.45, 2.75) is 82.9 Å². The molecule has 0 aromatic carbocycles. The summed E-state index contributed by atoms with van der Waals surface area (Å²) in [5.41, 5.74) is 0. The lowest BCUT2D eigenvalue weighted by atomic mass is 9.94. The van der Waals surface area contributed by atoms with Crippen LogP contribution >= 0.6 is 0 Å². The van der Waals surface area contributed by atoms with Crippen LogP contribution < -0.4 is 0 Å². The summed E-state index contributed by atoms with van der Waals surface area (Å²) >= 11 is 0. The molecule has 1 spiro atoms. The Hall–Kier alpha value is -0.240. The molecular formula is C13H22O6. The Balaban J connectivity index is 1.78. The van der Waals surface area contributed by atoms with Gasteiger partial charge in [0.2, 0.25) is 5.79 Å². The minimum absolute atomic E-state index is 0.671. The molecular weight excluding hydrogens is 252 g/mol. The van der Waals surface area contributed by atoms with E-state index in [-0.39, 0.29) is 0 Å². The maximum Gasteiger partial charge on any atom is 0.258 e. The van der Waals surface area contributed by atoms with E-state index in [1.165, 1.54) is 6.42 Å². The van der Waals surface area contributed by atoms with Crippen LogP contribution in [0.25, 0.3) is 0 Å². The van der Waals surface area contributed by atoms with Gasteiger partial charge in [-0.05, 0) is 40.5 Å². The van der Waals surface area contributed by atoms with E-state index < -0.39 is 23.1 Å². The average molecular weight is 274 g/mol. The summed E-state index contributed by atoms with van der Waals surface area (Å²) in [6, 6.07) is 0. The molecule has 0 N–H and O–H groups in total. The predicted molar refractivity (Wildman–Crippen MR) is 63.2 cm³/mol. The molecule has 0 amide bonds. The summed E-state index contributed by atoms with van der Waals surface area (Å²) in [7, 11) is 0. The molecule has 0 radical (unpaired) electrons. The summed E-state index contributed by atoms with van der Waals surface area (Å²) in [4.78, 5) is 21.5. The van der Waals surface area contributed by atoms with Crippen molar-refractivity contribution in [1.82, 2.24) is 0 Å². The van der Waals surface area contributed by atoms with Crippen LogP contribution in [0.15, 0.2) is 0 Å². The van der Waals surface area contributed by atoms with Crippen LogP contribution in [-0.2, 0) is 29.0 Å². The van der Waals surface area contributed by atoms with Crippen LogP contribution in [0.5, 0.6) is 0 Å². The molecule has 2 saturated heterocycles. The van der Waals surface area contributed by atoms with E-state index >= 15 is 0 Å². The highest BCUT2D eigenvalue weighted by Crippen LogP contribution is 2.50. The Morgan fingerprint density at radius 2 is 1.21 bits per heavy atom. The zero-order valence-corrected chi connectivity index (χ0v) is 12.0. The summed E-state index contributed by atoms with van der Waals surface area (Å²) in [6.07, 6.45) is 4.98. The maximum atomic E-state index is 6.08. The first-order chi connectivity index (χ1) is 8.79. The lowest BCUT2D eigenvalue weighted by Crippen LogP contribution is -2.54. The standard InChI is InChI=1S/C13H22O6/c1-10(2)14-11(3,17-16-10)12(4)15-13(19-18-12)8-6-5-7-9-13/h5-9H2,1-4H3/t11-,12-/m0/s1. The maximum absolute atomic E-state index is 6.08. The SMILES string of the molecule is CC1(C)OO[C@@](C)([C@]2(C)OOC3(CCCCC3)O2)O1. The molecule has 3 fully saturated rings. The molecule has 2 heterocycles. The minimum atomic E-state index is -1.17. The average Bonchev–Trinajstić information content (AvgIpc) is 2.81. The lowest BCUT2D eigenvalue weighted by molar-refractivity contribution is -0.437. The summed E-state index contributed by atoms with van der Waals surface area (Å²) < 4.78 is 11.9. The van der Waals surface area contributed by atoms with Crippen LogP contribution in [0.2, 0.25) is 0 Å². The van der Waals surface area contributed by atoms with E-state index in [9.17, 15) is 0 Å². The highest BCUT2D eigenvalue weighted by molar-refractivity contribution is 4.90. The van der Waals surface area contributed by atoms with Crippen LogP contribution in [0.1, 0.15) is 59.8 Å². The van der Waals surface area contributed by atoms with Gasteiger partial charge in [0.25, 0.3) is 11.6 Å². The molecule has 1 saturated carbocycles. The van der Waals surface area contributed by atoms with E-state index in [1.807, 2.05) is 0 Å². The minimum Gasteiger partial charge on any atom is -0.308 e. The molecule has 6 nitrogen and oxygen atoms in total. The van der Waals surface area contributed by atoms with Gasteiger partial charge < -0.3 is 9.47 Å². The molecule has 19 heavy (non-hydrogen) atoms. The van der Waals surface area contributed by atoms with Gasteiger partial charge in [-0.15, -0.1) is 0 Å². The van der Waals surface area contributed by atoms with Gasteiger partial charge in [0.1, 0.15) is 0 Å². The topological polar surface area (TPSA) is 55.4 Å². The quantitative estimate of drug-likeness (QED) is 0.685. The highest BCUT2D eigenvalue weighted by Gasteiger charge is 2.66. The van der Waals surface area contributed by atoms with Crippen molar-refractivity contribution in [3.63, 3.8) is 0 Å². The molecule has 0 aromatic rings. The van der Waals surface area contributed by atoms with Gasteiger partial charge in [0.05, 0.1) is 0 Å². The van der Waals surface area contributed by atoms with Crippen molar-refractivity contribution in [1.29, 1.82) is 0 Å². The third-order valence-electron chi connectivity index (χ3n) is 4.02. The van der Waals surface area contributed by atoms with Crippen LogP contribution in [0, 0.1) is 0 Å². The van der Waals surface area contributed by atoms with Crippen molar-refractivity contribution in [2.24, 2.45) is 0 Å². The summed E-state index contributed by atoms with van der Waals surface area (Å²) in [6.45, 7) is 7.02. The predicted octanol–water partition coefficient (Wildman–Crippen LogP) is 2.77. The molecule has 0 bridgehead atoms. The Labute approximate surface area is 113 Å². The fraction of sp³-hybridized carbons (Fsp3) is 1.00. The van der Waals surface area contributed by atoms with Gasteiger partial charge in [-0.2, -0.15) is 19.6 Å². The number of ether oxygens (including phenoxy) is 2. The molecule has 6 heteroatoms. The normalized spacial score (nSPS) is 44.8. The lowest BCUT2D eigenvalue weighted by Gasteiger charge is -2.36. The number of hydrogen-bond donors (Lipinski definition) is 0. The molecule has 110 valence electrons. The van der Waals surface area contributed by atoms with Crippen molar-refractivity contribution in [3.05, 3.63) is 0 Å². The molecule has 0 unspecified atom stereocenters. The van der Waals surface area contributed by atoms with E-state index in [0.717, 1.165) is 25.7 Å². The van der Waals surface area contributed by atoms with Crippen LogP contribution in [0.4, 0.5) is 0 Å². The van der Waals surface area contributed by atoms with Crippen LogP contribution in [-0.4, -0.2) is 23.1 Å². The Bertz CT molecular complexity index is 364. The van der Waals surface area contributed by atoms with Gasteiger partial charge in [0, 0.05) is 12.8 Å². The second-order valence-corrected chi connectivity index (χ2v) is 6.30. The summed E-state index contributed by atoms with van der Waals surface area (Å²) in [5, 5.41) is 0. The first-order valence-corrected chi connectivity index (χ1v) is 6.92. The fourth-order valence-corrected chi connectivity index (χ4v) is 2.84. The molecule has 2 aliphatic heterocycles. The molecule has 3 aliphatic rings. The van der Waals surface area contributed by atoms with Crippen molar-refractivity contribution >= 4 is 0 Å². The molecule has 2 atom stereocenters. The van der Waals surface area contributed by atoms with Gasteiger partial charge in [0.15, 0.2) is 5.79 Å². The van der Waals surface area contributed by atoms with E-state index in [1.54, 1.807) is 27.7 Å². The van der Waals surface area contributed by atoms with E-state index in [0.29, 0.717) is 0 Å². The van der Waals surface area contributed by atoms with Gasteiger partial charge in [-0.3, -0.25) is 0 Å². The first kappa shape index (κ1) is 13.7. The van der Waals surface area contributed by atoms with E-state index in [4.69, 9.17) is 29.0 Å². The zero-order chi connectivity index (χ0) is 13.8. The van der Waals surface area contributed by atoms with Gasteiger partial charge >= 0.3 is 0 Å². The third kappa shape index (κ3) is 2.20. The van der Waals surface area contributed by atoms with Crippen molar-refractivity contribution in [2.75, 3.05) is 0 Å². The second-order valence-electron chi connectivity index (χ2n) is 6.30. The fourth-order valence-electron chi connectivity index (χ4n) is 2.84. The van der Waals surface area contributed by atoms with E-state index in [2.05, 4.69) is 0 Å².